The standard InChI is InChI=1S/C12H13N3O2/c13-6-5-10-8-17-12(16)15(10)11-4-2-1-3-9(11)7-14/h1-4,10H,5-6,8,13H2. The van der Waals surface area contributed by atoms with Crippen molar-refractivity contribution in [3.63, 3.8) is 0 Å². The maximum atomic E-state index is 11.7. The van der Waals surface area contributed by atoms with Crippen LogP contribution in [-0.2, 0) is 4.74 Å². The predicted molar refractivity (Wildman–Crippen MR) is 62.4 cm³/mol. The number of carbonyl (C=O) groups is 1. The van der Waals surface area contributed by atoms with E-state index >= 15 is 0 Å². The predicted octanol–water partition coefficient (Wildman–Crippen LogP) is 1.23. The number of nitrogens with zero attached hydrogens (tertiary/aromatic N) is 2. The molecule has 1 saturated heterocycles. The highest BCUT2D eigenvalue weighted by atomic mass is 16.6. The third-order valence-corrected chi connectivity index (χ3v) is 2.74. The van der Waals surface area contributed by atoms with Gasteiger partial charge in [0.1, 0.15) is 12.7 Å². The van der Waals surface area contributed by atoms with E-state index in [4.69, 9.17) is 15.7 Å². The lowest BCUT2D eigenvalue weighted by Crippen LogP contribution is -2.35. The second-order valence-electron chi connectivity index (χ2n) is 3.81. The van der Waals surface area contributed by atoms with Crippen LogP contribution < -0.4 is 10.6 Å². The third kappa shape index (κ3) is 2.08. The Morgan fingerprint density at radius 2 is 2.29 bits per heavy atom. The van der Waals surface area contributed by atoms with Crippen LogP contribution in [0.3, 0.4) is 0 Å². The number of nitrogens with two attached hydrogens (primary N) is 1. The van der Waals surface area contributed by atoms with Crippen molar-refractivity contribution in [3.8, 4) is 6.07 Å². The Morgan fingerprint density at radius 1 is 1.53 bits per heavy atom. The number of cyclic esters (lactones) is 1. The van der Waals surface area contributed by atoms with Crippen molar-refractivity contribution in [2.45, 2.75) is 12.5 Å². The number of anilines is 1. The van der Waals surface area contributed by atoms with Crippen molar-refractivity contribution in [2.75, 3.05) is 18.1 Å². The Balaban J connectivity index is 2.36. The summed E-state index contributed by atoms with van der Waals surface area (Å²) >= 11 is 0. The van der Waals surface area contributed by atoms with Crippen molar-refractivity contribution in [2.24, 2.45) is 5.73 Å². The van der Waals surface area contributed by atoms with Crippen molar-refractivity contribution in [3.05, 3.63) is 29.8 Å². The molecule has 1 atom stereocenters. The lowest BCUT2D eigenvalue weighted by atomic mass is 10.1. The zero-order chi connectivity index (χ0) is 12.3. The van der Waals surface area contributed by atoms with Gasteiger partial charge in [0, 0.05) is 0 Å². The highest BCUT2D eigenvalue weighted by molar-refractivity contribution is 5.91. The minimum atomic E-state index is -0.411. The molecule has 1 aliphatic heterocycles. The molecule has 0 bridgehead atoms. The fourth-order valence-electron chi connectivity index (χ4n) is 1.94. The molecule has 1 aliphatic rings. The molecule has 1 fully saturated rings. The lowest BCUT2D eigenvalue weighted by molar-refractivity contribution is 0.178. The molecule has 0 saturated carbocycles. The molecule has 0 spiro atoms. The average molecular weight is 231 g/mol. The number of rotatable bonds is 3. The third-order valence-electron chi connectivity index (χ3n) is 2.74. The van der Waals surface area contributed by atoms with Gasteiger partial charge >= 0.3 is 6.09 Å². The van der Waals surface area contributed by atoms with E-state index in [-0.39, 0.29) is 6.04 Å². The smallest absolute Gasteiger partial charge is 0.414 e. The molecule has 17 heavy (non-hydrogen) atoms. The monoisotopic (exact) mass is 231 g/mol. The Bertz CT molecular complexity index is 467. The van der Waals surface area contributed by atoms with Gasteiger partial charge < -0.3 is 10.5 Å². The van der Waals surface area contributed by atoms with Crippen molar-refractivity contribution < 1.29 is 9.53 Å². The largest absolute Gasteiger partial charge is 0.447 e. The van der Waals surface area contributed by atoms with Gasteiger partial charge in [0.15, 0.2) is 0 Å². The van der Waals surface area contributed by atoms with E-state index in [1.165, 1.54) is 4.90 Å². The molecule has 1 aromatic rings. The minimum Gasteiger partial charge on any atom is -0.447 e. The number of benzene rings is 1. The molecule has 1 amide bonds. The van der Waals surface area contributed by atoms with Crippen LogP contribution >= 0.6 is 0 Å². The van der Waals surface area contributed by atoms with E-state index in [1.807, 2.05) is 0 Å². The van der Waals surface area contributed by atoms with Gasteiger partial charge in [-0.25, -0.2) is 4.79 Å². The average Bonchev–Trinajstić information content (AvgIpc) is 2.71. The van der Waals surface area contributed by atoms with Crippen LogP contribution in [0.15, 0.2) is 24.3 Å². The molecule has 1 unspecified atom stereocenters. The molecule has 0 aromatic heterocycles. The Kier molecular flexibility index (Phi) is 3.26. The summed E-state index contributed by atoms with van der Waals surface area (Å²) in [6, 6.07) is 8.98. The maximum Gasteiger partial charge on any atom is 0.414 e. The van der Waals surface area contributed by atoms with Crippen molar-refractivity contribution in [1.82, 2.24) is 0 Å². The molecule has 2 N–H and O–H groups in total. The number of hydrogen-bond donors (Lipinski definition) is 1. The summed E-state index contributed by atoms with van der Waals surface area (Å²) in [6.07, 6.45) is 0.247. The van der Waals surface area contributed by atoms with Crippen molar-refractivity contribution in [1.29, 1.82) is 5.26 Å². The van der Waals surface area contributed by atoms with Gasteiger partial charge in [0.2, 0.25) is 0 Å². The Morgan fingerprint density at radius 3 is 3.00 bits per heavy atom. The molecular formula is C12H13N3O2. The second-order valence-corrected chi connectivity index (χ2v) is 3.81. The van der Waals surface area contributed by atoms with Gasteiger partial charge in [-0.1, -0.05) is 12.1 Å². The maximum absolute atomic E-state index is 11.7. The Labute approximate surface area is 99.4 Å². The van der Waals surface area contributed by atoms with Crippen molar-refractivity contribution >= 4 is 11.8 Å². The molecule has 5 heteroatoms. The van der Waals surface area contributed by atoms with Crippen LogP contribution in [-0.4, -0.2) is 25.3 Å². The van der Waals surface area contributed by atoms with E-state index in [9.17, 15) is 4.79 Å². The van der Waals surface area contributed by atoms with Gasteiger partial charge in [-0.2, -0.15) is 5.26 Å². The van der Waals surface area contributed by atoms with E-state index in [1.54, 1.807) is 24.3 Å². The second kappa shape index (κ2) is 4.85. The first-order valence-corrected chi connectivity index (χ1v) is 5.43. The summed E-state index contributed by atoms with van der Waals surface area (Å²) in [5, 5.41) is 9.03. The summed E-state index contributed by atoms with van der Waals surface area (Å²) in [5.74, 6) is 0. The highest BCUT2D eigenvalue weighted by Crippen LogP contribution is 2.27. The number of para-hydroxylation sites is 1. The minimum absolute atomic E-state index is 0.0815. The molecule has 5 nitrogen and oxygen atoms in total. The summed E-state index contributed by atoms with van der Waals surface area (Å²) < 4.78 is 5.01. The van der Waals surface area contributed by atoms with Gasteiger partial charge in [-0.15, -0.1) is 0 Å². The zero-order valence-electron chi connectivity index (χ0n) is 9.30. The van der Waals surface area contributed by atoms with Crippen LogP contribution in [0.1, 0.15) is 12.0 Å². The number of carbonyl (C=O) groups excluding carboxylic acids is 1. The van der Waals surface area contributed by atoms with Crippen LogP contribution in [0, 0.1) is 11.3 Å². The quantitative estimate of drug-likeness (QED) is 0.848. The number of amides is 1. The first-order chi connectivity index (χ1) is 8.27. The topological polar surface area (TPSA) is 79.3 Å². The van der Waals surface area contributed by atoms with Gasteiger partial charge in [-0.05, 0) is 25.1 Å². The molecule has 1 heterocycles. The lowest BCUT2D eigenvalue weighted by Gasteiger charge is -2.21. The number of ether oxygens (including phenoxy) is 1. The SMILES string of the molecule is N#Cc1ccccc1N1C(=O)OCC1CCN. The van der Waals surface area contributed by atoms with Crippen LogP contribution in [0.25, 0.3) is 0 Å². The number of hydrogen-bond acceptors (Lipinski definition) is 4. The number of nitriles is 1. The fraction of sp³-hybridized carbons (Fsp3) is 0.333. The summed E-state index contributed by atoms with van der Waals surface area (Å²) in [4.78, 5) is 13.2. The van der Waals surface area contributed by atoms with Gasteiger partial charge in [0.25, 0.3) is 0 Å². The summed E-state index contributed by atoms with van der Waals surface area (Å²) in [6.45, 7) is 0.808. The summed E-state index contributed by atoms with van der Waals surface area (Å²) in [5.41, 5.74) is 6.57. The van der Waals surface area contributed by atoms with Crippen LogP contribution in [0.4, 0.5) is 10.5 Å². The van der Waals surface area contributed by atoms with Gasteiger partial charge in [0.05, 0.1) is 17.3 Å². The first-order valence-electron chi connectivity index (χ1n) is 5.43. The van der Waals surface area contributed by atoms with Crippen LogP contribution in [0.2, 0.25) is 0 Å². The first kappa shape index (κ1) is 11.4. The molecular weight excluding hydrogens is 218 g/mol. The zero-order valence-corrected chi connectivity index (χ0v) is 9.30. The van der Waals surface area contributed by atoms with E-state index < -0.39 is 6.09 Å². The summed E-state index contributed by atoms with van der Waals surface area (Å²) in [7, 11) is 0. The van der Waals surface area contributed by atoms with Crippen LogP contribution in [0.5, 0.6) is 0 Å². The molecule has 2 rings (SSSR count). The molecule has 0 radical (unpaired) electrons. The molecule has 88 valence electrons. The van der Waals surface area contributed by atoms with E-state index in [0.29, 0.717) is 30.8 Å². The fourth-order valence-corrected chi connectivity index (χ4v) is 1.94. The highest BCUT2D eigenvalue weighted by Gasteiger charge is 2.34. The molecule has 0 aliphatic carbocycles. The van der Waals surface area contributed by atoms with E-state index in [0.717, 1.165) is 0 Å². The normalized spacial score (nSPS) is 18.9. The van der Waals surface area contributed by atoms with Gasteiger partial charge in [-0.3, -0.25) is 4.90 Å². The molecule has 1 aromatic carbocycles. The van der Waals surface area contributed by atoms with E-state index in [2.05, 4.69) is 6.07 Å². The Hall–Kier alpha value is -2.06.